The fraction of sp³-hybridized carbons (Fsp3) is 0.630. The maximum absolute atomic E-state index is 12.3. The minimum Gasteiger partial charge on any atom is -0.467 e. The van der Waals surface area contributed by atoms with Crippen LogP contribution in [0.5, 0.6) is 0 Å². The van der Waals surface area contributed by atoms with Gasteiger partial charge in [-0.1, -0.05) is 30.3 Å². The number of methoxy groups -OCH3 is 1. The Morgan fingerprint density at radius 2 is 1.31 bits per heavy atom. The van der Waals surface area contributed by atoms with E-state index in [1.54, 1.807) is 53.7 Å². The molecule has 3 N–H and O–H groups in total. The normalized spacial score (nSPS) is 12.2. The van der Waals surface area contributed by atoms with Gasteiger partial charge in [0.2, 0.25) is 0 Å². The third-order valence-corrected chi connectivity index (χ3v) is 4.76. The molecular weight excluding hydrogens is 510 g/mol. The van der Waals surface area contributed by atoms with E-state index < -0.39 is 47.6 Å². The lowest BCUT2D eigenvalue weighted by Gasteiger charge is -2.24. The number of rotatable bonds is 13. The number of alkyl carbamates (subject to hydrolysis) is 3. The molecule has 1 unspecified atom stereocenters. The Morgan fingerprint density at radius 3 is 1.77 bits per heavy atom. The predicted molar refractivity (Wildman–Crippen MR) is 143 cm³/mol. The van der Waals surface area contributed by atoms with E-state index in [-0.39, 0.29) is 26.3 Å². The van der Waals surface area contributed by atoms with Gasteiger partial charge in [-0.3, -0.25) is 0 Å². The number of carbonyl (C=O) groups excluding carboxylic acids is 4. The van der Waals surface area contributed by atoms with Gasteiger partial charge < -0.3 is 39.6 Å². The summed E-state index contributed by atoms with van der Waals surface area (Å²) in [4.78, 5) is 48.6. The maximum atomic E-state index is 12.3. The summed E-state index contributed by atoms with van der Waals surface area (Å²) in [5.41, 5.74) is -0.508. The van der Waals surface area contributed by atoms with Crippen LogP contribution in [0.3, 0.4) is 0 Å². The Kier molecular flexibility index (Phi) is 14.1. The van der Waals surface area contributed by atoms with Crippen LogP contribution in [0.25, 0.3) is 0 Å². The van der Waals surface area contributed by atoms with Crippen molar-refractivity contribution >= 4 is 24.2 Å². The van der Waals surface area contributed by atoms with E-state index in [2.05, 4.69) is 16.0 Å². The van der Waals surface area contributed by atoms with Gasteiger partial charge in [0, 0.05) is 13.1 Å². The number of amides is 3. The first kappa shape index (κ1) is 33.5. The molecule has 39 heavy (non-hydrogen) atoms. The minimum absolute atomic E-state index is 0.0245. The van der Waals surface area contributed by atoms with Gasteiger partial charge in [0.1, 0.15) is 17.8 Å². The van der Waals surface area contributed by atoms with Gasteiger partial charge >= 0.3 is 24.2 Å². The molecule has 0 aliphatic rings. The Labute approximate surface area is 230 Å². The highest BCUT2D eigenvalue weighted by Crippen LogP contribution is 2.10. The molecule has 0 radical (unpaired) electrons. The number of ether oxygens (including phenoxy) is 5. The zero-order valence-corrected chi connectivity index (χ0v) is 24.0. The molecular formula is C27H43N3O9. The van der Waals surface area contributed by atoms with Crippen molar-refractivity contribution in [3.8, 4) is 0 Å². The van der Waals surface area contributed by atoms with Gasteiger partial charge in [-0.15, -0.1) is 0 Å². The quantitative estimate of drug-likeness (QED) is 0.245. The van der Waals surface area contributed by atoms with Gasteiger partial charge in [-0.2, -0.15) is 0 Å². The molecule has 0 saturated carbocycles. The summed E-state index contributed by atoms with van der Waals surface area (Å²) in [5, 5.41) is 7.76. The predicted octanol–water partition coefficient (Wildman–Crippen LogP) is 3.67. The lowest BCUT2D eigenvalue weighted by atomic mass is 10.1. The van der Waals surface area contributed by atoms with Crippen molar-refractivity contribution in [1.29, 1.82) is 0 Å². The van der Waals surface area contributed by atoms with Crippen LogP contribution >= 0.6 is 0 Å². The first-order valence-electron chi connectivity index (χ1n) is 12.8. The van der Waals surface area contributed by atoms with Crippen molar-refractivity contribution in [1.82, 2.24) is 16.0 Å². The Morgan fingerprint density at radius 1 is 0.795 bits per heavy atom. The van der Waals surface area contributed by atoms with Gasteiger partial charge in [0.15, 0.2) is 6.04 Å². The molecule has 0 saturated heterocycles. The fourth-order valence-corrected chi connectivity index (χ4v) is 3.06. The van der Waals surface area contributed by atoms with Gasteiger partial charge in [0.25, 0.3) is 0 Å². The Balaban J connectivity index is 2.71. The lowest BCUT2D eigenvalue weighted by molar-refractivity contribution is -0.145. The van der Waals surface area contributed by atoms with Crippen LogP contribution in [-0.4, -0.2) is 74.4 Å². The molecule has 0 spiro atoms. The molecule has 1 rings (SSSR count). The molecule has 220 valence electrons. The summed E-state index contributed by atoms with van der Waals surface area (Å²) >= 11 is 0. The Bertz CT molecular complexity index is 877. The molecule has 0 bridgehead atoms. The summed E-state index contributed by atoms with van der Waals surface area (Å²) in [7, 11) is 1.19. The molecule has 1 atom stereocenters. The van der Waals surface area contributed by atoms with Crippen LogP contribution in [0, 0.1) is 0 Å². The number of carbonyl (C=O) groups is 4. The minimum atomic E-state index is -1.14. The fourth-order valence-electron chi connectivity index (χ4n) is 3.06. The molecule has 0 aliphatic heterocycles. The molecule has 3 amide bonds. The highest BCUT2D eigenvalue weighted by Gasteiger charge is 2.25. The van der Waals surface area contributed by atoms with Crippen molar-refractivity contribution < 1.29 is 42.9 Å². The third-order valence-electron chi connectivity index (χ3n) is 4.76. The molecule has 12 nitrogen and oxygen atoms in total. The summed E-state index contributed by atoms with van der Waals surface area (Å²) in [6.07, 6.45) is -1.81. The zero-order valence-electron chi connectivity index (χ0n) is 24.0. The zero-order chi connectivity index (χ0) is 29.5. The average molecular weight is 554 g/mol. The lowest BCUT2D eigenvalue weighted by Crippen LogP contribution is -2.46. The number of esters is 1. The van der Waals surface area contributed by atoms with Crippen LogP contribution in [0.15, 0.2) is 30.3 Å². The standard InChI is InChI=1S/C27H43N3O9/c1-26(2,3)38-23(32)28-15-13-20(14-16-29-24(33)39-27(4,5)6)36-18-21(22(31)35-7)30-25(34)37-17-19-11-9-8-10-12-19/h8-12,20-21H,13-18H2,1-7H3,(H,28,32)(H,29,33)(H,30,34). The topological polar surface area (TPSA) is 151 Å². The summed E-state index contributed by atoms with van der Waals surface area (Å²) in [5.74, 6) is -0.718. The van der Waals surface area contributed by atoms with Crippen molar-refractivity contribution in [2.45, 2.75) is 84.3 Å². The van der Waals surface area contributed by atoms with E-state index >= 15 is 0 Å². The second kappa shape index (κ2) is 16.4. The Hall–Kier alpha value is -3.54. The average Bonchev–Trinajstić information content (AvgIpc) is 2.82. The van der Waals surface area contributed by atoms with Crippen molar-refractivity contribution in [2.75, 3.05) is 26.8 Å². The van der Waals surface area contributed by atoms with Gasteiger partial charge in [-0.05, 0) is 59.9 Å². The highest BCUT2D eigenvalue weighted by atomic mass is 16.6. The molecule has 1 aromatic carbocycles. The van der Waals surface area contributed by atoms with Crippen LogP contribution in [-0.2, 0) is 35.1 Å². The maximum Gasteiger partial charge on any atom is 0.408 e. The van der Waals surface area contributed by atoms with Crippen LogP contribution in [0.1, 0.15) is 59.9 Å². The molecule has 0 aromatic heterocycles. The van der Waals surface area contributed by atoms with E-state index in [0.717, 1.165) is 5.56 Å². The first-order valence-corrected chi connectivity index (χ1v) is 12.8. The largest absolute Gasteiger partial charge is 0.467 e. The van der Waals surface area contributed by atoms with Crippen LogP contribution in [0.2, 0.25) is 0 Å². The first-order chi connectivity index (χ1) is 18.2. The second-order valence-corrected chi connectivity index (χ2v) is 10.7. The second-order valence-electron chi connectivity index (χ2n) is 10.7. The number of hydrogen-bond acceptors (Lipinski definition) is 9. The van der Waals surface area contributed by atoms with Crippen LogP contribution in [0.4, 0.5) is 14.4 Å². The highest BCUT2D eigenvalue weighted by molar-refractivity contribution is 5.81. The summed E-state index contributed by atoms with van der Waals surface area (Å²) < 4.78 is 26.3. The molecule has 0 fully saturated rings. The molecule has 1 aromatic rings. The molecule has 12 heteroatoms. The van der Waals surface area contributed by atoms with Crippen molar-refractivity contribution in [3.05, 3.63) is 35.9 Å². The number of nitrogens with one attached hydrogen (secondary N) is 3. The van der Waals surface area contributed by atoms with Gasteiger partial charge in [0.05, 0.1) is 19.8 Å². The monoisotopic (exact) mass is 553 g/mol. The SMILES string of the molecule is COC(=O)C(COC(CCNC(=O)OC(C)(C)C)CCNC(=O)OC(C)(C)C)NC(=O)OCc1ccccc1. The molecule has 0 aliphatic carbocycles. The van der Waals surface area contributed by atoms with Crippen LogP contribution < -0.4 is 16.0 Å². The van der Waals surface area contributed by atoms with E-state index in [9.17, 15) is 19.2 Å². The van der Waals surface area contributed by atoms with Crippen molar-refractivity contribution in [2.24, 2.45) is 0 Å². The number of hydrogen-bond donors (Lipinski definition) is 3. The summed E-state index contributed by atoms with van der Waals surface area (Å²) in [6, 6.07) is 7.94. The van der Waals surface area contributed by atoms with E-state index in [0.29, 0.717) is 12.8 Å². The van der Waals surface area contributed by atoms with Gasteiger partial charge in [-0.25, -0.2) is 19.2 Å². The van der Waals surface area contributed by atoms with E-state index in [1.165, 1.54) is 7.11 Å². The number of benzene rings is 1. The smallest absolute Gasteiger partial charge is 0.408 e. The molecule has 0 heterocycles. The van der Waals surface area contributed by atoms with E-state index in [1.807, 2.05) is 18.2 Å². The van der Waals surface area contributed by atoms with E-state index in [4.69, 9.17) is 23.7 Å². The summed E-state index contributed by atoms with van der Waals surface area (Å²) in [6.45, 7) is 10.8. The third kappa shape index (κ3) is 16.8. The van der Waals surface area contributed by atoms with Crippen molar-refractivity contribution in [3.63, 3.8) is 0 Å².